The maximum Gasteiger partial charge on any atom is 0.335 e. The monoisotopic (exact) mass is 440 g/mol. The minimum absolute atomic E-state index is 0.000165. The maximum absolute atomic E-state index is 13.2. The first-order valence-electron chi connectivity index (χ1n) is 8.90. The number of carbonyl (C=O) groups is 1. The third-order valence-electron chi connectivity index (χ3n) is 4.51. The highest BCUT2D eigenvalue weighted by Gasteiger charge is 2.20. The lowest BCUT2D eigenvalue weighted by atomic mass is 10.1. The highest BCUT2D eigenvalue weighted by molar-refractivity contribution is 6.33. The summed E-state index contributed by atoms with van der Waals surface area (Å²) in [7, 11) is 0. The number of hydrogen-bond acceptors (Lipinski definition) is 4. The molecule has 0 saturated carbocycles. The van der Waals surface area contributed by atoms with Gasteiger partial charge in [0.05, 0.1) is 16.0 Å². The molecule has 0 aliphatic carbocycles. The molecule has 4 aromatic rings. The van der Waals surface area contributed by atoms with Gasteiger partial charge in [0.1, 0.15) is 12.2 Å². The van der Waals surface area contributed by atoms with E-state index >= 15 is 0 Å². The van der Waals surface area contributed by atoms with Crippen molar-refractivity contribution in [3.8, 4) is 17.1 Å². The first-order chi connectivity index (χ1) is 14.4. The Balaban J connectivity index is 1.81. The van der Waals surface area contributed by atoms with Gasteiger partial charge in [-0.2, -0.15) is 0 Å². The highest BCUT2D eigenvalue weighted by Crippen LogP contribution is 2.36. The molecule has 1 aromatic heterocycles. The molecule has 0 aliphatic heterocycles. The van der Waals surface area contributed by atoms with Crippen LogP contribution in [0.15, 0.2) is 75.9 Å². The zero-order valence-electron chi connectivity index (χ0n) is 15.4. The van der Waals surface area contributed by atoms with Crippen LogP contribution in [0.2, 0.25) is 10.0 Å². The second-order valence-electron chi connectivity index (χ2n) is 6.50. The predicted octanol–water partition coefficient (Wildman–Crippen LogP) is 6.04. The van der Waals surface area contributed by atoms with Crippen molar-refractivity contribution in [2.24, 2.45) is 0 Å². The number of halogens is 2. The SMILES string of the molecule is O=C(O)c1ccc(COc2c(-c3ccccc3Cl)oc3ccc(Cl)cc3c2=O)cc1. The molecule has 0 atom stereocenters. The zero-order chi connectivity index (χ0) is 21.3. The fraction of sp³-hybridized carbons (Fsp3) is 0.0435. The molecule has 3 aromatic carbocycles. The Morgan fingerprint density at radius 1 is 1.00 bits per heavy atom. The van der Waals surface area contributed by atoms with Crippen LogP contribution in [-0.2, 0) is 6.61 Å². The molecule has 0 radical (unpaired) electrons. The van der Waals surface area contributed by atoms with Gasteiger partial charge in [-0.15, -0.1) is 0 Å². The summed E-state index contributed by atoms with van der Waals surface area (Å²) in [5.41, 5.74) is 1.35. The highest BCUT2D eigenvalue weighted by atomic mass is 35.5. The van der Waals surface area contributed by atoms with Gasteiger partial charge in [0, 0.05) is 10.6 Å². The van der Waals surface area contributed by atoms with Gasteiger partial charge in [-0.05, 0) is 48.0 Å². The zero-order valence-corrected chi connectivity index (χ0v) is 16.9. The van der Waals surface area contributed by atoms with Crippen LogP contribution in [0.4, 0.5) is 0 Å². The molecule has 30 heavy (non-hydrogen) atoms. The van der Waals surface area contributed by atoms with Gasteiger partial charge in [0.2, 0.25) is 11.2 Å². The van der Waals surface area contributed by atoms with E-state index in [0.29, 0.717) is 26.8 Å². The summed E-state index contributed by atoms with van der Waals surface area (Å²) < 4.78 is 11.8. The maximum atomic E-state index is 13.2. The normalized spacial score (nSPS) is 10.9. The molecule has 0 bridgehead atoms. The van der Waals surface area contributed by atoms with E-state index in [1.54, 1.807) is 48.5 Å². The van der Waals surface area contributed by atoms with Crippen molar-refractivity contribution in [2.45, 2.75) is 6.61 Å². The summed E-state index contributed by atoms with van der Waals surface area (Å²) in [6.07, 6.45) is 0. The van der Waals surface area contributed by atoms with Gasteiger partial charge >= 0.3 is 5.97 Å². The lowest BCUT2D eigenvalue weighted by Gasteiger charge is -2.13. The number of carboxylic acids is 1. The van der Waals surface area contributed by atoms with Crippen LogP contribution in [0.1, 0.15) is 15.9 Å². The third kappa shape index (κ3) is 3.90. The van der Waals surface area contributed by atoms with E-state index in [1.165, 1.54) is 18.2 Å². The Bertz CT molecular complexity index is 1310. The first kappa shape index (κ1) is 20.0. The minimum Gasteiger partial charge on any atom is -0.481 e. The lowest BCUT2D eigenvalue weighted by molar-refractivity contribution is 0.0697. The fourth-order valence-electron chi connectivity index (χ4n) is 3.00. The van der Waals surface area contributed by atoms with Gasteiger partial charge in [0.25, 0.3) is 0 Å². The molecule has 0 unspecified atom stereocenters. The number of fused-ring (bicyclic) bond motifs is 1. The fourth-order valence-corrected chi connectivity index (χ4v) is 3.40. The second kappa shape index (κ2) is 8.22. The standard InChI is InChI=1S/C23H14Cl2O5/c24-15-9-10-19-17(11-15)20(26)22(21(30-19)16-3-1-2-4-18(16)25)29-12-13-5-7-14(8-6-13)23(27)28/h1-11H,12H2,(H,27,28). The summed E-state index contributed by atoms with van der Waals surface area (Å²) in [4.78, 5) is 24.2. The largest absolute Gasteiger partial charge is 0.481 e. The Labute approximate surface area is 181 Å². The number of hydrogen-bond donors (Lipinski definition) is 1. The van der Waals surface area contributed by atoms with E-state index in [9.17, 15) is 9.59 Å². The molecule has 0 spiro atoms. The Kier molecular flexibility index (Phi) is 5.48. The number of carboxylic acid groups (broad SMARTS) is 1. The van der Waals surface area contributed by atoms with Gasteiger partial charge in [-0.25, -0.2) is 4.79 Å². The Morgan fingerprint density at radius 3 is 2.43 bits per heavy atom. The average Bonchev–Trinajstić information content (AvgIpc) is 2.74. The molecule has 1 N–H and O–H groups in total. The lowest BCUT2D eigenvalue weighted by Crippen LogP contribution is -2.10. The van der Waals surface area contributed by atoms with Crippen molar-refractivity contribution in [3.05, 3.63) is 98.1 Å². The van der Waals surface area contributed by atoms with E-state index in [-0.39, 0.29) is 34.5 Å². The molecule has 0 aliphatic rings. The molecule has 4 rings (SSSR count). The topological polar surface area (TPSA) is 76.7 Å². The van der Waals surface area contributed by atoms with E-state index in [1.807, 2.05) is 0 Å². The molecule has 0 saturated heterocycles. The number of aromatic carboxylic acids is 1. The summed E-state index contributed by atoms with van der Waals surface area (Å²) in [5, 5.41) is 10.1. The Hall–Kier alpha value is -3.28. The van der Waals surface area contributed by atoms with Crippen molar-refractivity contribution >= 4 is 40.1 Å². The average molecular weight is 441 g/mol. The molecule has 1 heterocycles. The van der Waals surface area contributed by atoms with Gasteiger partial charge in [-0.3, -0.25) is 4.79 Å². The first-order valence-corrected chi connectivity index (χ1v) is 9.66. The van der Waals surface area contributed by atoms with Crippen molar-refractivity contribution in [1.29, 1.82) is 0 Å². The predicted molar refractivity (Wildman–Crippen MR) is 116 cm³/mol. The van der Waals surface area contributed by atoms with Crippen molar-refractivity contribution in [2.75, 3.05) is 0 Å². The molecular formula is C23H14Cl2O5. The van der Waals surface area contributed by atoms with E-state index in [4.69, 9.17) is 37.5 Å². The van der Waals surface area contributed by atoms with Gasteiger partial charge in [-0.1, -0.05) is 47.5 Å². The van der Waals surface area contributed by atoms with Gasteiger partial charge < -0.3 is 14.3 Å². The minimum atomic E-state index is -1.02. The summed E-state index contributed by atoms with van der Waals surface area (Å²) in [5.74, 6) is -0.807. The van der Waals surface area contributed by atoms with Gasteiger partial charge in [0.15, 0.2) is 5.76 Å². The van der Waals surface area contributed by atoms with E-state index in [0.717, 1.165) is 0 Å². The molecule has 0 fully saturated rings. The van der Waals surface area contributed by atoms with Crippen LogP contribution in [0.5, 0.6) is 5.75 Å². The van der Waals surface area contributed by atoms with Crippen molar-refractivity contribution < 1.29 is 19.1 Å². The number of rotatable bonds is 5. The van der Waals surface area contributed by atoms with E-state index < -0.39 is 5.97 Å². The molecule has 5 nitrogen and oxygen atoms in total. The van der Waals surface area contributed by atoms with Crippen molar-refractivity contribution in [1.82, 2.24) is 0 Å². The second-order valence-corrected chi connectivity index (χ2v) is 7.34. The van der Waals surface area contributed by atoms with Crippen LogP contribution in [0, 0.1) is 0 Å². The molecule has 150 valence electrons. The van der Waals surface area contributed by atoms with Crippen LogP contribution >= 0.6 is 23.2 Å². The quantitative estimate of drug-likeness (QED) is 0.408. The molecular weight excluding hydrogens is 427 g/mol. The number of ether oxygens (including phenoxy) is 1. The third-order valence-corrected chi connectivity index (χ3v) is 5.08. The molecule has 7 heteroatoms. The van der Waals surface area contributed by atoms with Crippen LogP contribution in [-0.4, -0.2) is 11.1 Å². The van der Waals surface area contributed by atoms with Crippen LogP contribution in [0.3, 0.4) is 0 Å². The Morgan fingerprint density at radius 2 is 1.73 bits per heavy atom. The van der Waals surface area contributed by atoms with Crippen LogP contribution in [0.25, 0.3) is 22.3 Å². The number of benzene rings is 3. The van der Waals surface area contributed by atoms with E-state index in [2.05, 4.69) is 0 Å². The summed E-state index contributed by atoms with van der Waals surface area (Å²) in [6, 6.07) is 17.9. The van der Waals surface area contributed by atoms with Crippen molar-refractivity contribution in [3.63, 3.8) is 0 Å². The van der Waals surface area contributed by atoms with Crippen LogP contribution < -0.4 is 10.2 Å². The summed E-state index contributed by atoms with van der Waals surface area (Å²) in [6.45, 7) is 0.0359. The summed E-state index contributed by atoms with van der Waals surface area (Å²) >= 11 is 12.4. The smallest absolute Gasteiger partial charge is 0.335 e. The molecule has 0 amide bonds.